The number of aliphatic carboxylic acids is 1. The van der Waals surface area contributed by atoms with Crippen molar-refractivity contribution in [1.82, 2.24) is 0 Å². The second kappa shape index (κ2) is 6.03. The van der Waals surface area contributed by atoms with Crippen molar-refractivity contribution in [3.8, 4) is 5.75 Å². The number of ether oxygens (including phenoxy) is 1. The van der Waals surface area contributed by atoms with Gasteiger partial charge < -0.3 is 9.84 Å². The molecule has 1 aromatic rings. The van der Waals surface area contributed by atoms with Crippen molar-refractivity contribution >= 4 is 64.0 Å². The van der Waals surface area contributed by atoms with Gasteiger partial charge in [-0.05, 0) is 12.1 Å². The first kappa shape index (κ1) is 14.7. The Morgan fingerprint density at radius 3 is 2.18 bits per heavy atom. The van der Waals surface area contributed by atoms with Gasteiger partial charge in [-0.1, -0.05) is 58.0 Å². The van der Waals surface area contributed by atoms with Gasteiger partial charge in [0.1, 0.15) is 10.8 Å². The number of benzene rings is 1. The highest BCUT2D eigenvalue weighted by Crippen LogP contribution is 2.38. The highest BCUT2D eigenvalue weighted by atomic mass is 35.5. The summed E-state index contributed by atoms with van der Waals surface area (Å²) < 4.78 is 4.40. The molecule has 0 radical (unpaired) electrons. The molecule has 0 heterocycles. The lowest BCUT2D eigenvalue weighted by Crippen LogP contribution is -2.08. The molecule has 0 saturated heterocycles. The van der Waals surface area contributed by atoms with Crippen LogP contribution in [0, 0.1) is 0 Å². The number of carbonyl (C=O) groups is 1. The molecule has 0 saturated carbocycles. The molecule has 0 spiro atoms. The molecular formula is C9H3Cl5O3. The molecule has 0 aliphatic rings. The molecule has 1 rings (SSSR count). The van der Waals surface area contributed by atoms with Crippen molar-refractivity contribution in [3.05, 3.63) is 37.5 Å². The molecule has 8 heteroatoms. The average Bonchev–Trinajstić information content (AvgIpc) is 2.24. The first-order valence-corrected chi connectivity index (χ1v) is 5.83. The fraction of sp³-hybridized carbons (Fsp3) is 0. The van der Waals surface area contributed by atoms with Crippen molar-refractivity contribution in [2.45, 2.75) is 0 Å². The van der Waals surface area contributed by atoms with Crippen LogP contribution in [0.3, 0.4) is 0 Å². The van der Waals surface area contributed by atoms with E-state index in [9.17, 15) is 4.79 Å². The van der Waals surface area contributed by atoms with Gasteiger partial charge in [-0.25, -0.2) is 4.79 Å². The van der Waals surface area contributed by atoms with Crippen molar-refractivity contribution in [2.24, 2.45) is 0 Å². The molecule has 0 unspecified atom stereocenters. The Morgan fingerprint density at radius 1 is 1.12 bits per heavy atom. The van der Waals surface area contributed by atoms with Crippen LogP contribution in [0.15, 0.2) is 22.4 Å². The maximum atomic E-state index is 10.8. The van der Waals surface area contributed by atoms with E-state index in [1.807, 2.05) is 0 Å². The number of carboxylic acid groups (broad SMARTS) is 1. The minimum atomic E-state index is -1.44. The maximum Gasteiger partial charge on any atom is 0.374 e. The third kappa shape index (κ3) is 3.57. The Labute approximate surface area is 121 Å². The molecule has 1 N–H and O–H groups in total. The smallest absolute Gasteiger partial charge is 0.374 e. The van der Waals surface area contributed by atoms with E-state index < -0.39 is 16.2 Å². The molecule has 0 fully saturated rings. The zero-order valence-corrected chi connectivity index (χ0v) is 11.6. The van der Waals surface area contributed by atoms with E-state index in [0.29, 0.717) is 0 Å². The van der Waals surface area contributed by atoms with E-state index in [1.54, 1.807) is 0 Å². The Bertz CT molecular complexity index is 494. The third-order valence-electron chi connectivity index (χ3n) is 1.58. The number of rotatable bonds is 3. The molecule has 0 atom stereocenters. The summed E-state index contributed by atoms with van der Waals surface area (Å²) in [5.74, 6) is -2.11. The van der Waals surface area contributed by atoms with E-state index in [-0.39, 0.29) is 20.8 Å². The Balaban J connectivity index is 3.17. The highest BCUT2D eigenvalue weighted by Gasteiger charge is 2.18. The minimum absolute atomic E-state index is 0.0164. The highest BCUT2D eigenvalue weighted by molar-refractivity contribution is 6.57. The van der Waals surface area contributed by atoms with Gasteiger partial charge in [0.2, 0.25) is 5.76 Å². The van der Waals surface area contributed by atoms with E-state index >= 15 is 0 Å². The minimum Gasteiger partial charge on any atom is -0.475 e. The number of carboxylic acids is 1. The van der Waals surface area contributed by atoms with Gasteiger partial charge in [0, 0.05) is 0 Å². The van der Waals surface area contributed by atoms with E-state index in [4.69, 9.17) is 67.8 Å². The standard InChI is InChI=1S/C9H3Cl5O3/c10-3-1-2-4(6(12)5(3)11)17-7(8(13)14)9(15)16/h1-2H,(H,15,16). The number of hydrogen-bond donors (Lipinski definition) is 1. The first-order valence-electron chi connectivity index (χ1n) is 3.94. The quantitative estimate of drug-likeness (QED) is 0.492. The SMILES string of the molecule is O=C(O)C(Oc1ccc(Cl)c(Cl)c1Cl)=C(Cl)Cl. The molecule has 0 bridgehead atoms. The van der Waals surface area contributed by atoms with E-state index in [0.717, 1.165) is 0 Å². The molecule has 17 heavy (non-hydrogen) atoms. The summed E-state index contributed by atoms with van der Waals surface area (Å²) in [7, 11) is 0. The van der Waals surface area contributed by atoms with Crippen LogP contribution in [-0.4, -0.2) is 11.1 Å². The molecular weight excluding hydrogens is 333 g/mol. The molecule has 0 amide bonds. The van der Waals surface area contributed by atoms with Gasteiger partial charge in [0.25, 0.3) is 0 Å². The largest absolute Gasteiger partial charge is 0.475 e. The zero-order valence-electron chi connectivity index (χ0n) is 7.81. The van der Waals surface area contributed by atoms with Crippen LogP contribution in [-0.2, 0) is 4.79 Å². The predicted molar refractivity (Wildman–Crippen MR) is 68.5 cm³/mol. The second-order valence-corrected chi connectivity index (χ2v) is 4.78. The molecule has 0 aromatic heterocycles. The van der Waals surface area contributed by atoms with Crippen molar-refractivity contribution in [2.75, 3.05) is 0 Å². The summed E-state index contributed by atoms with van der Waals surface area (Å²) in [5, 5.41) is 8.98. The lowest BCUT2D eigenvalue weighted by molar-refractivity contribution is -0.135. The molecule has 3 nitrogen and oxygen atoms in total. The predicted octanol–water partition coefficient (Wildman–Crippen LogP) is 4.76. The molecule has 0 aliphatic heterocycles. The lowest BCUT2D eigenvalue weighted by Gasteiger charge is -2.09. The van der Waals surface area contributed by atoms with E-state index in [1.165, 1.54) is 12.1 Å². The number of hydrogen-bond acceptors (Lipinski definition) is 2. The van der Waals surface area contributed by atoms with Crippen LogP contribution < -0.4 is 4.74 Å². The topological polar surface area (TPSA) is 46.5 Å². The number of halogens is 5. The summed E-state index contributed by atoms with van der Waals surface area (Å²) in [6.45, 7) is 0. The summed E-state index contributed by atoms with van der Waals surface area (Å²) in [6.07, 6.45) is 0. The van der Waals surface area contributed by atoms with Crippen LogP contribution in [0.5, 0.6) is 5.75 Å². The second-order valence-electron chi connectivity index (χ2n) is 2.67. The van der Waals surface area contributed by atoms with Gasteiger partial charge in [-0.3, -0.25) is 0 Å². The zero-order chi connectivity index (χ0) is 13.2. The van der Waals surface area contributed by atoms with Crippen molar-refractivity contribution in [3.63, 3.8) is 0 Å². The first-order chi connectivity index (χ1) is 7.84. The van der Waals surface area contributed by atoms with Crippen molar-refractivity contribution in [1.29, 1.82) is 0 Å². The Kier molecular flexibility index (Phi) is 5.22. The summed E-state index contributed by atoms with van der Waals surface area (Å²) in [4.78, 5) is 10.8. The van der Waals surface area contributed by atoms with Crippen LogP contribution in [0.25, 0.3) is 0 Å². The van der Waals surface area contributed by atoms with Gasteiger partial charge in [-0.15, -0.1) is 0 Å². The van der Waals surface area contributed by atoms with Crippen LogP contribution >= 0.6 is 58.0 Å². The van der Waals surface area contributed by atoms with Crippen LogP contribution in [0.2, 0.25) is 15.1 Å². The summed E-state index contributed by atoms with van der Waals surface area (Å²) >= 11 is 28.0. The van der Waals surface area contributed by atoms with Gasteiger partial charge >= 0.3 is 5.97 Å². The van der Waals surface area contributed by atoms with Crippen LogP contribution in [0.1, 0.15) is 0 Å². The van der Waals surface area contributed by atoms with E-state index in [2.05, 4.69) is 0 Å². The van der Waals surface area contributed by atoms with Gasteiger partial charge in [-0.2, -0.15) is 0 Å². The van der Waals surface area contributed by atoms with Crippen LogP contribution in [0.4, 0.5) is 0 Å². The fourth-order valence-corrected chi connectivity index (χ4v) is 1.66. The lowest BCUT2D eigenvalue weighted by atomic mass is 10.3. The maximum absolute atomic E-state index is 10.8. The Hall–Kier alpha value is -0.320. The monoisotopic (exact) mass is 334 g/mol. The normalized spacial score (nSPS) is 9.94. The summed E-state index contributed by atoms with van der Waals surface area (Å²) in [5.41, 5.74) is 0. The Morgan fingerprint density at radius 2 is 1.71 bits per heavy atom. The molecule has 92 valence electrons. The average molecular weight is 336 g/mol. The van der Waals surface area contributed by atoms with Gasteiger partial charge in [0.05, 0.1) is 10.0 Å². The van der Waals surface area contributed by atoms with Crippen molar-refractivity contribution < 1.29 is 14.6 Å². The molecule has 0 aliphatic carbocycles. The third-order valence-corrected chi connectivity index (χ3v) is 3.20. The fourth-order valence-electron chi connectivity index (χ4n) is 0.860. The summed E-state index contributed by atoms with van der Waals surface area (Å²) in [6, 6.07) is 2.74. The van der Waals surface area contributed by atoms with Gasteiger partial charge in [0.15, 0.2) is 4.49 Å². The molecule has 1 aromatic carbocycles.